The van der Waals surface area contributed by atoms with Gasteiger partial charge in [-0.15, -0.1) is 0 Å². The zero-order valence-electron chi connectivity index (χ0n) is 16.2. The first-order valence-electron chi connectivity index (χ1n) is 8.63. The van der Waals surface area contributed by atoms with Crippen LogP contribution in [0.3, 0.4) is 0 Å². The number of nitrogens with zero attached hydrogens (tertiary/aromatic N) is 1. The summed E-state index contributed by atoms with van der Waals surface area (Å²) in [7, 11) is -3.66. The number of nitrogens with one attached hydrogen (secondary N) is 1. The predicted molar refractivity (Wildman–Crippen MR) is 111 cm³/mol. The molecular formula is C20H25ClN2O3S. The van der Waals surface area contributed by atoms with E-state index in [1.807, 2.05) is 32.9 Å². The van der Waals surface area contributed by atoms with Crippen LogP contribution in [0.15, 0.2) is 42.5 Å². The third-order valence-corrected chi connectivity index (χ3v) is 5.91. The Bertz CT molecular complexity index is 927. The normalized spacial score (nSPS) is 13.7. The van der Waals surface area contributed by atoms with Gasteiger partial charge in [0, 0.05) is 5.02 Å². The quantitative estimate of drug-likeness (QED) is 0.785. The molecule has 0 saturated heterocycles. The molecule has 0 aliphatic rings. The van der Waals surface area contributed by atoms with Gasteiger partial charge in [0.1, 0.15) is 6.04 Å². The molecule has 0 unspecified atom stereocenters. The van der Waals surface area contributed by atoms with Crippen molar-refractivity contribution in [1.82, 2.24) is 5.32 Å². The molecule has 146 valence electrons. The average Bonchev–Trinajstić information content (AvgIpc) is 2.55. The summed E-state index contributed by atoms with van der Waals surface area (Å²) in [6, 6.07) is 11.2. The van der Waals surface area contributed by atoms with Gasteiger partial charge in [-0.2, -0.15) is 0 Å². The lowest BCUT2D eigenvalue weighted by molar-refractivity contribution is -0.122. The summed E-state index contributed by atoms with van der Waals surface area (Å²) in [5.41, 5.74) is 3.62. The minimum absolute atomic E-state index is 0.243. The van der Waals surface area contributed by atoms with E-state index < -0.39 is 16.1 Å². The van der Waals surface area contributed by atoms with Crippen LogP contribution in [-0.2, 0) is 14.8 Å². The molecule has 27 heavy (non-hydrogen) atoms. The molecule has 0 aromatic heterocycles. The summed E-state index contributed by atoms with van der Waals surface area (Å²) in [6.45, 7) is 7.46. The summed E-state index contributed by atoms with van der Waals surface area (Å²) in [5, 5.41) is 3.41. The van der Waals surface area contributed by atoms with Gasteiger partial charge < -0.3 is 5.32 Å². The zero-order chi connectivity index (χ0) is 20.4. The number of hydrogen-bond acceptors (Lipinski definition) is 3. The second-order valence-corrected chi connectivity index (χ2v) is 9.10. The Morgan fingerprint density at radius 3 is 2.19 bits per heavy atom. The van der Waals surface area contributed by atoms with Crippen molar-refractivity contribution in [3.63, 3.8) is 0 Å². The summed E-state index contributed by atoms with van der Waals surface area (Å²) in [6.07, 6.45) is 1.08. The van der Waals surface area contributed by atoms with Gasteiger partial charge in [-0.1, -0.05) is 35.4 Å². The zero-order valence-corrected chi connectivity index (χ0v) is 17.7. The Hall–Kier alpha value is -2.05. The Morgan fingerprint density at radius 1 is 1.07 bits per heavy atom. The Labute approximate surface area is 166 Å². The SMILES string of the molecule is Cc1ccc([C@@H](C)NC(=O)[C@@H](C)N(c2ccc(Cl)cc2)S(C)(=O)=O)c(C)c1. The molecular weight excluding hydrogens is 384 g/mol. The number of anilines is 1. The van der Waals surface area contributed by atoms with Gasteiger partial charge in [-0.25, -0.2) is 8.42 Å². The van der Waals surface area contributed by atoms with E-state index >= 15 is 0 Å². The maximum absolute atomic E-state index is 12.8. The van der Waals surface area contributed by atoms with Gasteiger partial charge in [0.25, 0.3) is 0 Å². The van der Waals surface area contributed by atoms with Crippen LogP contribution in [-0.4, -0.2) is 26.6 Å². The van der Waals surface area contributed by atoms with Gasteiger partial charge in [-0.3, -0.25) is 9.10 Å². The maximum Gasteiger partial charge on any atom is 0.244 e. The molecule has 0 heterocycles. The van der Waals surface area contributed by atoms with Crippen LogP contribution in [0.2, 0.25) is 5.02 Å². The van der Waals surface area contributed by atoms with Gasteiger partial charge in [0.15, 0.2) is 0 Å². The molecule has 7 heteroatoms. The van der Waals surface area contributed by atoms with Crippen LogP contribution in [0.1, 0.15) is 36.6 Å². The Kier molecular flexibility index (Phi) is 6.54. The molecule has 0 saturated carbocycles. The van der Waals surface area contributed by atoms with E-state index in [0.29, 0.717) is 10.7 Å². The van der Waals surface area contributed by atoms with Crippen LogP contribution in [0.5, 0.6) is 0 Å². The van der Waals surface area contributed by atoms with E-state index in [2.05, 4.69) is 11.4 Å². The minimum Gasteiger partial charge on any atom is -0.348 e. The van der Waals surface area contributed by atoms with Crippen molar-refractivity contribution in [1.29, 1.82) is 0 Å². The van der Waals surface area contributed by atoms with Crippen molar-refractivity contribution in [3.8, 4) is 0 Å². The first kappa shape index (κ1) is 21.3. The largest absolute Gasteiger partial charge is 0.348 e. The topological polar surface area (TPSA) is 66.5 Å². The standard InChI is InChI=1S/C20H25ClN2O3S/c1-13-6-11-19(14(2)12-13)15(3)22-20(24)16(4)23(27(5,25)26)18-9-7-17(21)8-10-18/h6-12,15-16H,1-5H3,(H,22,24)/t15-,16-/m1/s1. The van der Waals surface area contributed by atoms with Gasteiger partial charge >= 0.3 is 0 Å². The summed E-state index contributed by atoms with van der Waals surface area (Å²) < 4.78 is 25.8. The summed E-state index contributed by atoms with van der Waals surface area (Å²) >= 11 is 5.89. The summed E-state index contributed by atoms with van der Waals surface area (Å²) in [4.78, 5) is 12.8. The number of halogens is 1. The van der Waals surface area contributed by atoms with Crippen LogP contribution in [0.4, 0.5) is 5.69 Å². The molecule has 1 amide bonds. The number of amides is 1. The molecule has 0 radical (unpaired) electrons. The second-order valence-electron chi connectivity index (χ2n) is 6.80. The van der Waals surface area contributed by atoms with Crippen molar-refractivity contribution in [2.24, 2.45) is 0 Å². The first-order chi connectivity index (χ1) is 12.5. The lowest BCUT2D eigenvalue weighted by Crippen LogP contribution is -2.48. The van der Waals surface area contributed by atoms with Crippen LogP contribution in [0.25, 0.3) is 0 Å². The highest BCUT2D eigenvalue weighted by molar-refractivity contribution is 7.92. The van der Waals surface area contributed by atoms with Crippen LogP contribution < -0.4 is 9.62 Å². The number of rotatable bonds is 6. The molecule has 2 aromatic carbocycles. The number of carbonyl (C=O) groups is 1. The number of benzene rings is 2. The average molecular weight is 409 g/mol. The van der Waals surface area contributed by atoms with E-state index in [-0.39, 0.29) is 11.9 Å². The van der Waals surface area contributed by atoms with Gasteiger partial charge in [-0.05, 0) is 63.1 Å². The van der Waals surface area contributed by atoms with E-state index in [1.165, 1.54) is 0 Å². The molecule has 2 rings (SSSR count). The highest BCUT2D eigenvalue weighted by atomic mass is 35.5. The molecule has 2 atom stereocenters. The summed E-state index contributed by atoms with van der Waals surface area (Å²) in [5.74, 6) is -0.372. The molecule has 0 aliphatic heterocycles. The van der Waals surface area contributed by atoms with E-state index in [9.17, 15) is 13.2 Å². The van der Waals surface area contributed by atoms with Gasteiger partial charge in [0.2, 0.25) is 15.9 Å². The number of sulfonamides is 1. The van der Waals surface area contributed by atoms with Crippen molar-refractivity contribution in [3.05, 3.63) is 64.2 Å². The van der Waals surface area contributed by atoms with Gasteiger partial charge in [0.05, 0.1) is 18.0 Å². The highest BCUT2D eigenvalue weighted by Crippen LogP contribution is 2.24. The lowest BCUT2D eigenvalue weighted by atomic mass is 10.00. The third-order valence-electron chi connectivity index (χ3n) is 4.42. The fourth-order valence-electron chi connectivity index (χ4n) is 3.12. The first-order valence-corrected chi connectivity index (χ1v) is 10.9. The highest BCUT2D eigenvalue weighted by Gasteiger charge is 2.30. The third kappa shape index (κ3) is 5.23. The fourth-order valence-corrected chi connectivity index (χ4v) is 4.42. The second kappa shape index (κ2) is 8.31. The van der Waals surface area contributed by atoms with Crippen LogP contribution >= 0.6 is 11.6 Å². The van der Waals surface area contributed by atoms with Crippen molar-refractivity contribution >= 4 is 33.2 Å². The monoisotopic (exact) mass is 408 g/mol. The molecule has 0 bridgehead atoms. The van der Waals surface area contributed by atoms with E-state index in [0.717, 1.165) is 27.3 Å². The molecule has 2 aromatic rings. The maximum atomic E-state index is 12.8. The van der Waals surface area contributed by atoms with Crippen molar-refractivity contribution in [2.75, 3.05) is 10.6 Å². The molecule has 0 spiro atoms. The predicted octanol–water partition coefficient (Wildman–Crippen LogP) is 3.99. The van der Waals surface area contributed by atoms with E-state index in [1.54, 1.807) is 31.2 Å². The van der Waals surface area contributed by atoms with Crippen molar-refractivity contribution < 1.29 is 13.2 Å². The minimum atomic E-state index is -3.66. The molecule has 0 fully saturated rings. The molecule has 5 nitrogen and oxygen atoms in total. The number of aryl methyl sites for hydroxylation is 2. The molecule has 1 N–H and O–H groups in total. The fraction of sp³-hybridized carbons (Fsp3) is 0.350. The number of hydrogen-bond donors (Lipinski definition) is 1. The van der Waals surface area contributed by atoms with Crippen molar-refractivity contribution in [2.45, 2.75) is 39.8 Å². The smallest absolute Gasteiger partial charge is 0.244 e. The Morgan fingerprint density at radius 2 is 1.67 bits per heavy atom. The Balaban J connectivity index is 2.25. The molecule has 0 aliphatic carbocycles. The van der Waals surface area contributed by atoms with E-state index in [4.69, 9.17) is 11.6 Å². The number of carbonyl (C=O) groups excluding carboxylic acids is 1. The lowest BCUT2D eigenvalue weighted by Gasteiger charge is -2.29. The van der Waals surface area contributed by atoms with Crippen LogP contribution in [0, 0.1) is 13.8 Å².